The summed E-state index contributed by atoms with van der Waals surface area (Å²) in [6.07, 6.45) is 0. The number of esters is 1. The average Bonchev–Trinajstić information content (AvgIpc) is 2.56. The molecule has 0 saturated heterocycles. The van der Waals surface area contributed by atoms with Gasteiger partial charge in [-0.1, -0.05) is 12.1 Å². The summed E-state index contributed by atoms with van der Waals surface area (Å²) in [6, 6.07) is 8.43. The van der Waals surface area contributed by atoms with Gasteiger partial charge in [0.15, 0.2) is 6.61 Å². The molecule has 0 aromatic heterocycles. The first-order valence-corrected chi connectivity index (χ1v) is 7.78. The van der Waals surface area contributed by atoms with Crippen molar-refractivity contribution in [1.82, 2.24) is 0 Å². The van der Waals surface area contributed by atoms with E-state index >= 15 is 0 Å². The van der Waals surface area contributed by atoms with Gasteiger partial charge < -0.3 is 15.2 Å². The predicted molar refractivity (Wildman–Crippen MR) is 92.6 cm³/mol. The number of phenolic OH excluding ortho intramolecular Hbond substituents is 1. The van der Waals surface area contributed by atoms with Crippen LogP contribution in [0.4, 0.5) is 11.4 Å². The summed E-state index contributed by atoms with van der Waals surface area (Å²) >= 11 is 3.12. The largest absolute Gasteiger partial charge is 0.507 e. The number of carbonyl (C=O) groups is 2. The second-order valence-electron chi connectivity index (χ2n) is 5.02. The zero-order valence-electron chi connectivity index (χ0n) is 13.0. The smallest absolute Gasteiger partial charge is 0.342 e. The fraction of sp³-hybridized carbons (Fsp3) is 0.125. The van der Waals surface area contributed by atoms with Crippen molar-refractivity contribution < 1.29 is 24.4 Å². The Kier molecular flexibility index (Phi) is 5.71. The maximum Gasteiger partial charge on any atom is 0.342 e. The lowest BCUT2D eigenvalue weighted by molar-refractivity contribution is -0.384. The Morgan fingerprint density at radius 3 is 2.68 bits per heavy atom. The van der Waals surface area contributed by atoms with Gasteiger partial charge in [0.05, 0.1) is 10.6 Å². The molecule has 2 aromatic rings. The van der Waals surface area contributed by atoms with E-state index < -0.39 is 23.4 Å². The zero-order chi connectivity index (χ0) is 18.6. The van der Waals surface area contributed by atoms with Crippen LogP contribution in [0.3, 0.4) is 0 Å². The van der Waals surface area contributed by atoms with E-state index in [0.29, 0.717) is 15.7 Å². The van der Waals surface area contributed by atoms with Crippen LogP contribution in [0.25, 0.3) is 0 Å². The summed E-state index contributed by atoms with van der Waals surface area (Å²) in [5.41, 5.74) is 0.634. The number of phenols is 1. The number of nitro benzene ring substituents is 1. The number of nitrogens with one attached hydrogen (secondary N) is 1. The van der Waals surface area contributed by atoms with E-state index in [0.717, 1.165) is 0 Å². The minimum Gasteiger partial charge on any atom is -0.507 e. The number of nitro groups is 1. The Morgan fingerprint density at radius 2 is 2.04 bits per heavy atom. The number of aromatic hydroxyl groups is 1. The zero-order valence-corrected chi connectivity index (χ0v) is 14.6. The highest BCUT2D eigenvalue weighted by molar-refractivity contribution is 9.10. The Balaban J connectivity index is 1.98. The number of hydrogen-bond donors (Lipinski definition) is 2. The van der Waals surface area contributed by atoms with Crippen LogP contribution in [0.15, 0.2) is 40.9 Å². The van der Waals surface area contributed by atoms with Crippen molar-refractivity contribution in [3.8, 4) is 5.75 Å². The molecule has 0 saturated carbocycles. The van der Waals surface area contributed by atoms with Crippen LogP contribution in [0, 0.1) is 17.0 Å². The first-order chi connectivity index (χ1) is 11.8. The van der Waals surface area contributed by atoms with Gasteiger partial charge in [-0.25, -0.2) is 4.79 Å². The Labute approximate surface area is 150 Å². The molecule has 25 heavy (non-hydrogen) atoms. The second-order valence-corrected chi connectivity index (χ2v) is 5.87. The van der Waals surface area contributed by atoms with Crippen molar-refractivity contribution in [2.75, 3.05) is 11.9 Å². The molecule has 0 aliphatic heterocycles. The molecule has 0 fully saturated rings. The summed E-state index contributed by atoms with van der Waals surface area (Å²) in [7, 11) is 0. The van der Waals surface area contributed by atoms with Crippen molar-refractivity contribution in [3.63, 3.8) is 0 Å². The van der Waals surface area contributed by atoms with Gasteiger partial charge in [0.25, 0.3) is 11.6 Å². The van der Waals surface area contributed by atoms with Crippen LogP contribution in [-0.4, -0.2) is 28.5 Å². The molecular formula is C16H13BrN2O6. The number of hydrogen-bond acceptors (Lipinski definition) is 6. The summed E-state index contributed by atoms with van der Waals surface area (Å²) in [4.78, 5) is 33.9. The van der Waals surface area contributed by atoms with Crippen molar-refractivity contribution in [3.05, 3.63) is 62.1 Å². The molecule has 0 radical (unpaired) electrons. The molecule has 0 heterocycles. The van der Waals surface area contributed by atoms with E-state index in [4.69, 9.17) is 4.74 Å². The fourth-order valence-electron chi connectivity index (χ4n) is 1.94. The average molecular weight is 409 g/mol. The van der Waals surface area contributed by atoms with Gasteiger partial charge in [-0.15, -0.1) is 0 Å². The number of ether oxygens (including phenoxy) is 1. The van der Waals surface area contributed by atoms with Crippen molar-refractivity contribution in [1.29, 1.82) is 0 Å². The molecule has 9 heteroatoms. The molecule has 0 bridgehead atoms. The lowest BCUT2D eigenvalue weighted by Gasteiger charge is -2.09. The minimum absolute atomic E-state index is 0.0377. The summed E-state index contributed by atoms with van der Waals surface area (Å²) in [5.74, 6) is -1.67. The van der Waals surface area contributed by atoms with Crippen molar-refractivity contribution >= 4 is 39.2 Å². The molecule has 130 valence electrons. The maximum absolute atomic E-state index is 11.9. The third-order valence-electron chi connectivity index (χ3n) is 3.23. The SMILES string of the molecule is Cc1cccc(C(=O)OCC(=O)Nc2ccc([N+](=O)[O-])cc2Br)c1O. The van der Waals surface area contributed by atoms with Crippen molar-refractivity contribution in [2.45, 2.75) is 6.92 Å². The van der Waals surface area contributed by atoms with Crippen LogP contribution in [0.2, 0.25) is 0 Å². The van der Waals surface area contributed by atoms with Crippen LogP contribution in [-0.2, 0) is 9.53 Å². The lowest BCUT2D eigenvalue weighted by atomic mass is 10.1. The van der Waals surface area contributed by atoms with Crippen LogP contribution in [0.1, 0.15) is 15.9 Å². The van der Waals surface area contributed by atoms with E-state index in [-0.39, 0.29) is 17.0 Å². The molecule has 0 aliphatic carbocycles. The van der Waals surface area contributed by atoms with Gasteiger partial charge in [-0.2, -0.15) is 0 Å². The Hall–Kier alpha value is -2.94. The topological polar surface area (TPSA) is 119 Å². The summed E-state index contributed by atoms with van der Waals surface area (Å²) < 4.78 is 5.18. The van der Waals surface area contributed by atoms with Crippen LogP contribution >= 0.6 is 15.9 Å². The monoisotopic (exact) mass is 408 g/mol. The number of non-ortho nitro benzene ring substituents is 1. The number of rotatable bonds is 5. The first kappa shape index (κ1) is 18.4. The van der Waals surface area contributed by atoms with Gasteiger partial charge >= 0.3 is 5.97 Å². The number of anilines is 1. The highest BCUT2D eigenvalue weighted by atomic mass is 79.9. The highest BCUT2D eigenvalue weighted by Crippen LogP contribution is 2.27. The standard InChI is InChI=1S/C16H13BrN2O6/c1-9-3-2-4-11(15(9)21)16(22)25-8-14(20)18-13-6-5-10(19(23)24)7-12(13)17/h2-7,21H,8H2,1H3,(H,18,20). The third-order valence-corrected chi connectivity index (χ3v) is 3.89. The number of para-hydroxylation sites is 1. The lowest BCUT2D eigenvalue weighted by Crippen LogP contribution is -2.21. The maximum atomic E-state index is 11.9. The Bertz CT molecular complexity index is 853. The number of nitrogens with zero attached hydrogens (tertiary/aromatic N) is 1. The first-order valence-electron chi connectivity index (χ1n) is 6.99. The predicted octanol–water partition coefficient (Wildman–Crippen LogP) is 3.17. The van der Waals surface area contributed by atoms with Crippen LogP contribution < -0.4 is 5.32 Å². The van der Waals surface area contributed by atoms with E-state index in [1.807, 2.05) is 0 Å². The quantitative estimate of drug-likeness (QED) is 0.445. The molecule has 0 aliphatic rings. The molecule has 2 N–H and O–H groups in total. The Morgan fingerprint density at radius 1 is 1.32 bits per heavy atom. The number of amides is 1. The van der Waals surface area contributed by atoms with Gasteiger partial charge in [-0.3, -0.25) is 14.9 Å². The third kappa shape index (κ3) is 4.54. The van der Waals surface area contributed by atoms with E-state index in [1.165, 1.54) is 24.3 Å². The number of aryl methyl sites for hydroxylation is 1. The molecule has 0 unspecified atom stereocenters. The number of carbonyl (C=O) groups excluding carboxylic acids is 2. The fourth-order valence-corrected chi connectivity index (χ4v) is 2.40. The molecule has 0 atom stereocenters. The second kappa shape index (κ2) is 7.75. The number of halogens is 1. The molecule has 1 amide bonds. The molecular weight excluding hydrogens is 396 g/mol. The highest BCUT2D eigenvalue weighted by Gasteiger charge is 2.16. The van der Waals surface area contributed by atoms with E-state index in [1.54, 1.807) is 19.1 Å². The van der Waals surface area contributed by atoms with E-state index in [9.17, 15) is 24.8 Å². The normalized spacial score (nSPS) is 10.2. The van der Waals surface area contributed by atoms with Gasteiger partial charge in [-0.05, 0) is 40.5 Å². The van der Waals surface area contributed by atoms with Gasteiger partial charge in [0.1, 0.15) is 11.3 Å². The van der Waals surface area contributed by atoms with Gasteiger partial charge in [0, 0.05) is 16.6 Å². The summed E-state index contributed by atoms with van der Waals surface area (Å²) in [6.45, 7) is 1.06. The molecule has 2 aromatic carbocycles. The van der Waals surface area contributed by atoms with Gasteiger partial charge in [0.2, 0.25) is 0 Å². The molecule has 8 nitrogen and oxygen atoms in total. The van der Waals surface area contributed by atoms with Crippen molar-refractivity contribution in [2.24, 2.45) is 0 Å². The molecule has 2 rings (SSSR count). The minimum atomic E-state index is -0.834. The van der Waals surface area contributed by atoms with Crippen LogP contribution in [0.5, 0.6) is 5.75 Å². The molecule has 0 spiro atoms. The summed E-state index contributed by atoms with van der Waals surface area (Å²) in [5, 5.41) is 22.9. The number of benzene rings is 2. The van der Waals surface area contributed by atoms with E-state index in [2.05, 4.69) is 21.2 Å².